The number of nitrogens with zero attached hydrogens (tertiary/aromatic N) is 3. The lowest BCUT2D eigenvalue weighted by Gasteiger charge is -2.46. The lowest BCUT2D eigenvalue weighted by Crippen LogP contribution is -3.03. The van der Waals surface area contributed by atoms with E-state index in [0.29, 0.717) is 42.5 Å². The second kappa shape index (κ2) is 9.98. The first-order chi connectivity index (χ1) is 15.6. The summed E-state index contributed by atoms with van der Waals surface area (Å²) in [5.74, 6) is 2.02. The van der Waals surface area contributed by atoms with Gasteiger partial charge in [-0.15, -0.1) is 0 Å². The van der Waals surface area contributed by atoms with Crippen molar-refractivity contribution >= 4 is 11.8 Å². The largest absolute Gasteiger partial charge is 0.351 e. The minimum Gasteiger partial charge on any atom is -0.351 e. The molecule has 7 nitrogen and oxygen atoms in total. The number of rotatable bonds is 4. The second-order valence-electron chi connectivity index (χ2n) is 11.3. The maximum absolute atomic E-state index is 13.1. The monoisotopic (exact) mass is 446 g/mol. The number of quaternary nitrogens is 1. The SMILES string of the molecule is CN1CCC2C(NC(=O)CN3CCN(C(=O)C4CCCCC4)CC3)C3CCCCC3[NH2+]C21. The number of piperidine rings is 1. The van der Waals surface area contributed by atoms with E-state index in [1.807, 2.05) is 0 Å². The average molecular weight is 447 g/mol. The maximum atomic E-state index is 13.1. The highest BCUT2D eigenvalue weighted by Gasteiger charge is 2.52. The predicted octanol–water partition coefficient (Wildman–Crippen LogP) is 0.609. The van der Waals surface area contributed by atoms with Gasteiger partial charge in [-0.3, -0.25) is 19.4 Å². The van der Waals surface area contributed by atoms with Gasteiger partial charge in [-0.05, 0) is 45.6 Å². The highest BCUT2D eigenvalue weighted by atomic mass is 16.2. The number of piperazine rings is 1. The maximum Gasteiger partial charge on any atom is 0.234 e. The third-order valence-corrected chi connectivity index (χ3v) is 9.34. The molecule has 5 atom stereocenters. The number of carbonyl (C=O) groups is 2. The summed E-state index contributed by atoms with van der Waals surface area (Å²) in [6.07, 6.45) is 12.8. The van der Waals surface area contributed by atoms with Gasteiger partial charge in [0, 0.05) is 56.5 Å². The standard InChI is InChI=1S/C25H43N5O2/c1-28-12-11-20-23(19-9-5-6-10-21(19)26-24(20)28)27-22(31)17-29-13-15-30(16-14-29)25(32)18-7-3-2-4-8-18/h18-21,23-24,26H,2-17H2,1H3,(H,27,31)/p+1. The Labute approximate surface area is 193 Å². The molecule has 3 heterocycles. The smallest absolute Gasteiger partial charge is 0.234 e. The van der Waals surface area contributed by atoms with E-state index in [-0.39, 0.29) is 11.8 Å². The minimum absolute atomic E-state index is 0.196. The van der Waals surface area contributed by atoms with Crippen molar-refractivity contribution in [2.45, 2.75) is 82.5 Å². The number of hydrogen-bond acceptors (Lipinski definition) is 4. The Morgan fingerprint density at radius 3 is 2.34 bits per heavy atom. The summed E-state index contributed by atoms with van der Waals surface area (Å²) >= 11 is 0. The molecule has 3 saturated heterocycles. The fourth-order valence-corrected chi connectivity index (χ4v) is 7.51. The predicted molar refractivity (Wildman–Crippen MR) is 124 cm³/mol. The van der Waals surface area contributed by atoms with E-state index in [1.54, 1.807) is 0 Å². The Hall–Kier alpha value is -1.18. The van der Waals surface area contributed by atoms with Gasteiger partial charge in [0.1, 0.15) is 6.17 Å². The summed E-state index contributed by atoms with van der Waals surface area (Å²) in [5, 5.41) is 6.17. The van der Waals surface area contributed by atoms with Gasteiger partial charge in [-0.25, -0.2) is 0 Å². The molecule has 0 spiro atoms. The van der Waals surface area contributed by atoms with Crippen molar-refractivity contribution in [3.8, 4) is 0 Å². The number of hydrogen-bond donors (Lipinski definition) is 2. The molecule has 5 aliphatic rings. The normalized spacial score (nSPS) is 37.0. The molecule has 0 aromatic carbocycles. The van der Waals surface area contributed by atoms with Crippen LogP contribution in [0.1, 0.15) is 64.2 Å². The van der Waals surface area contributed by atoms with Gasteiger partial charge >= 0.3 is 0 Å². The molecule has 2 saturated carbocycles. The molecule has 3 aliphatic heterocycles. The first-order valence-corrected chi connectivity index (χ1v) is 13.5. The van der Waals surface area contributed by atoms with Crippen LogP contribution in [-0.4, -0.2) is 91.1 Å². The van der Waals surface area contributed by atoms with Crippen molar-refractivity contribution in [3.63, 3.8) is 0 Å². The van der Waals surface area contributed by atoms with Crippen LogP contribution >= 0.6 is 0 Å². The quantitative estimate of drug-likeness (QED) is 0.664. The molecule has 7 heteroatoms. The summed E-state index contributed by atoms with van der Waals surface area (Å²) in [5.41, 5.74) is 0. The molecule has 5 rings (SSSR count). The molecule has 0 radical (unpaired) electrons. The fourth-order valence-electron chi connectivity index (χ4n) is 7.51. The summed E-state index contributed by atoms with van der Waals surface area (Å²) in [7, 11) is 2.25. The lowest BCUT2D eigenvalue weighted by atomic mass is 9.71. The molecule has 0 aromatic rings. The van der Waals surface area contributed by atoms with Crippen LogP contribution in [0.4, 0.5) is 0 Å². The molecule has 180 valence electrons. The average Bonchev–Trinajstić information content (AvgIpc) is 3.20. The summed E-state index contributed by atoms with van der Waals surface area (Å²) in [6, 6.07) is 1.01. The van der Waals surface area contributed by atoms with E-state index in [1.165, 1.54) is 51.4 Å². The number of carbonyl (C=O) groups excluding carboxylic acids is 2. The van der Waals surface area contributed by atoms with E-state index in [2.05, 4.69) is 32.4 Å². The van der Waals surface area contributed by atoms with Gasteiger partial charge in [0.25, 0.3) is 0 Å². The molecular weight excluding hydrogens is 402 g/mol. The zero-order chi connectivity index (χ0) is 22.1. The van der Waals surface area contributed by atoms with Crippen LogP contribution in [-0.2, 0) is 9.59 Å². The molecule has 32 heavy (non-hydrogen) atoms. The van der Waals surface area contributed by atoms with Crippen LogP contribution in [0.2, 0.25) is 0 Å². The Bertz CT molecular complexity index is 669. The summed E-state index contributed by atoms with van der Waals surface area (Å²) in [4.78, 5) is 32.8. The number of likely N-dealkylation sites (tertiary alicyclic amines) is 1. The Morgan fingerprint density at radius 1 is 0.844 bits per heavy atom. The van der Waals surface area contributed by atoms with E-state index in [0.717, 1.165) is 45.6 Å². The highest BCUT2D eigenvalue weighted by Crippen LogP contribution is 2.36. The van der Waals surface area contributed by atoms with Crippen molar-refractivity contribution in [3.05, 3.63) is 0 Å². The van der Waals surface area contributed by atoms with E-state index in [9.17, 15) is 9.59 Å². The first kappa shape index (κ1) is 22.6. The van der Waals surface area contributed by atoms with Crippen LogP contribution in [0, 0.1) is 17.8 Å². The molecule has 0 aromatic heterocycles. The van der Waals surface area contributed by atoms with Crippen molar-refractivity contribution in [2.24, 2.45) is 17.8 Å². The topological polar surface area (TPSA) is 72.5 Å². The van der Waals surface area contributed by atoms with Crippen LogP contribution in [0.5, 0.6) is 0 Å². The number of nitrogens with one attached hydrogen (secondary N) is 1. The Balaban J connectivity index is 1.13. The molecule has 5 fully saturated rings. The van der Waals surface area contributed by atoms with Crippen molar-refractivity contribution in [1.82, 2.24) is 20.0 Å². The number of fused-ring (bicyclic) bond motifs is 2. The zero-order valence-electron chi connectivity index (χ0n) is 20.0. The second-order valence-corrected chi connectivity index (χ2v) is 11.3. The highest BCUT2D eigenvalue weighted by molar-refractivity contribution is 5.79. The third-order valence-electron chi connectivity index (χ3n) is 9.34. The Kier molecular flexibility index (Phi) is 7.05. The van der Waals surface area contributed by atoms with Gasteiger partial charge in [0.15, 0.2) is 0 Å². The van der Waals surface area contributed by atoms with Gasteiger partial charge in [-0.1, -0.05) is 25.7 Å². The van der Waals surface area contributed by atoms with E-state index < -0.39 is 0 Å². The van der Waals surface area contributed by atoms with Crippen LogP contribution in [0.25, 0.3) is 0 Å². The van der Waals surface area contributed by atoms with E-state index in [4.69, 9.17) is 0 Å². The van der Waals surface area contributed by atoms with E-state index >= 15 is 0 Å². The van der Waals surface area contributed by atoms with Crippen molar-refractivity contribution in [2.75, 3.05) is 46.3 Å². The van der Waals surface area contributed by atoms with Crippen molar-refractivity contribution in [1.29, 1.82) is 0 Å². The van der Waals surface area contributed by atoms with Crippen LogP contribution < -0.4 is 10.6 Å². The minimum atomic E-state index is 0.196. The zero-order valence-corrected chi connectivity index (χ0v) is 20.0. The van der Waals surface area contributed by atoms with Crippen molar-refractivity contribution < 1.29 is 14.9 Å². The third kappa shape index (κ3) is 4.71. The lowest BCUT2D eigenvalue weighted by molar-refractivity contribution is -0.759. The first-order valence-electron chi connectivity index (χ1n) is 13.5. The van der Waals surface area contributed by atoms with Gasteiger partial charge < -0.3 is 15.5 Å². The fraction of sp³-hybridized carbons (Fsp3) is 0.920. The molecule has 2 aliphatic carbocycles. The molecule has 2 amide bonds. The van der Waals surface area contributed by atoms with Crippen LogP contribution in [0.15, 0.2) is 0 Å². The van der Waals surface area contributed by atoms with Crippen LogP contribution in [0.3, 0.4) is 0 Å². The number of nitrogens with two attached hydrogens (primary N) is 1. The molecular formula is C25H44N5O2+. The van der Waals surface area contributed by atoms with Gasteiger partial charge in [-0.2, -0.15) is 0 Å². The molecule has 0 bridgehead atoms. The Morgan fingerprint density at radius 2 is 1.56 bits per heavy atom. The molecule has 5 unspecified atom stereocenters. The van der Waals surface area contributed by atoms with Gasteiger partial charge in [0.05, 0.1) is 12.6 Å². The van der Waals surface area contributed by atoms with Gasteiger partial charge in [0.2, 0.25) is 11.8 Å². The number of amides is 2. The molecule has 3 N–H and O–H groups in total. The summed E-state index contributed by atoms with van der Waals surface area (Å²) in [6.45, 7) is 4.84. The summed E-state index contributed by atoms with van der Waals surface area (Å²) < 4.78 is 0.